The molecule has 1 aromatic carbocycles. The van der Waals surface area contributed by atoms with Crippen LogP contribution in [0.3, 0.4) is 0 Å². The Morgan fingerprint density at radius 3 is 1.96 bits per heavy atom. The minimum absolute atomic E-state index is 0.0835. The molecule has 0 radical (unpaired) electrons. The molecular weight excluding hydrogens is 300 g/mol. The first-order chi connectivity index (χ1) is 10.7. The van der Waals surface area contributed by atoms with Crippen LogP contribution in [-0.2, 0) is 9.59 Å². The largest absolute Gasteiger partial charge is 0.480 e. The van der Waals surface area contributed by atoms with Crippen LogP contribution in [0.15, 0.2) is 35.4 Å². The van der Waals surface area contributed by atoms with Crippen LogP contribution >= 0.6 is 0 Å². The van der Waals surface area contributed by atoms with Crippen molar-refractivity contribution in [2.75, 3.05) is 0 Å². The van der Waals surface area contributed by atoms with Gasteiger partial charge in [0, 0.05) is 22.3 Å². The zero-order valence-corrected chi connectivity index (χ0v) is 12.8. The first-order valence-electron chi connectivity index (χ1n) is 7.05. The molecule has 0 spiro atoms. The number of fused-ring (bicyclic) bond motifs is 1. The number of benzene rings is 1. The van der Waals surface area contributed by atoms with Gasteiger partial charge in [0.2, 0.25) is 0 Å². The number of rotatable bonds is 5. The number of aliphatic carboxylic acids is 2. The van der Waals surface area contributed by atoms with Crippen molar-refractivity contribution in [1.82, 2.24) is 0 Å². The molecule has 0 bridgehead atoms. The third kappa shape index (κ3) is 2.67. The molecule has 0 heterocycles. The second-order valence-electron chi connectivity index (χ2n) is 5.75. The fourth-order valence-corrected chi connectivity index (χ4v) is 2.53. The second kappa shape index (κ2) is 5.79. The Hall–Kier alpha value is -2.76. The lowest BCUT2D eigenvalue weighted by molar-refractivity contribution is -0.163. The molecule has 0 aromatic heterocycles. The zero-order valence-electron chi connectivity index (χ0n) is 12.8. The summed E-state index contributed by atoms with van der Waals surface area (Å²) in [5.41, 5.74) is -0.995. The molecule has 6 nitrogen and oxygen atoms in total. The number of hydrogen-bond donors (Lipinski definition) is 2. The van der Waals surface area contributed by atoms with E-state index in [1.54, 1.807) is 18.2 Å². The van der Waals surface area contributed by atoms with Crippen molar-refractivity contribution in [2.24, 2.45) is 5.41 Å². The predicted molar refractivity (Wildman–Crippen MR) is 80.4 cm³/mol. The van der Waals surface area contributed by atoms with Gasteiger partial charge in [0.05, 0.1) is 0 Å². The van der Waals surface area contributed by atoms with Crippen LogP contribution < -0.4 is 0 Å². The average molecular weight is 316 g/mol. The van der Waals surface area contributed by atoms with Crippen LogP contribution in [0, 0.1) is 5.41 Å². The molecular formula is C17H16O6. The van der Waals surface area contributed by atoms with Crippen molar-refractivity contribution in [3.8, 4) is 0 Å². The molecule has 1 aromatic rings. The van der Waals surface area contributed by atoms with Gasteiger partial charge in [0.1, 0.15) is 0 Å². The summed E-state index contributed by atoms with van der Waals surface area (Å²) in [6.07, 6.45) is -0.356. The van der Waals surface area contributed by atoms with E-state index >= 15 is 0 Å². The Labute approximate surface area is 132 Å². The number of allylic oxidation sites excluding steroid dienone is 2. The summed E-state index contributed by atoms with van der Waals surface area (Å²) >= 11 is 0. The summed E-state index contributed by atoms with van der Waals surface area (Å²) in [4.78, 5) is 47.3. The van der Waals surface area contributed by atoms with Gasteiger partial charge in [-0.3, -0.25) is 19.2 Å². The van der Waals surface area contributed by atoms with Crippen molar-refractivity contribution in [1.29, 1.82) is 0 Å². The highest BCUT2D eigenvalue weighted by atomic mass is 16.4. The molecule has 23 heavy (non-hydrogen) atoms. The van der Waals surface area contributed by atoms with Gasteiger partial charge in [0.15, 0.2) is 17.0 Å². The first-order valence-corrected chi connectivity index (χ1v) is 7.05. The summed E-state index contributed by atoms with van der Waals surface area (Å²) < 4.78 is 0. The number of carboxylic acids is 2. The highest BCUT2D eigenvalue weighted by Gasteiger charge is 2.42. The topological polar surface area (TPSA) is 109 Å². The Morgan fingerprint density at radius 2 is 1.48 bits per heavy atom. The Morgan fingerprint density at radius 1 is 1.00 bits per heavy atom. The third-order valence-corrected chi connectivity index (χ3v) is 4.30. The molecule has 1 aliphatic rings. The molecule has 1 aliphatic carbocycles. The maximum atomic E-state index is 12.5. The summed E-state index contributed by atoms with van der Waals surface area (Å²) in [5, 5.41) is 18.3. The smallest absolute Gasteiger partial charge is 0.320 e. The summed E-state index contributed by atoms with van der Waals surface area (Å²) in [7, 11) is 0. The van der Waals surface area contributed by atoms with Gasteiger partial charge in [0.25, 0.3) is 0 Å². The number of carboxylic acid groups (broad SMARTS) is 2. The van der Waals surface area contributed by atoms with Crippen molar-refractivity contribution in [3.05, 3.63) is 46.5 Å². The van der Waals surface area contributed by atoms with Gasteiger partial charge in [-0.05, 0) is 26.7 Å². The molecule has 0 saturated heterocycles. The van der Waals surface area contributed by atoms with E-state index in [0.29, 0.717) is 5.56 Å². The van der Waals surface area contributed by atoms with Crippen LogP contribution in [-0.4, -0.2) is 33.7 Å². The quantitative estimate of drug-likeness (QED) is 0.807. The lowest BCUT2D eigenvalue weighted by Crippen LogP contribution is -2.36. The van der Waals surface area contributed by atoms with Crippen molar-refractivity contribution < 1.29 is 29.4 Å². The second-order valence-corrected chi connectivity index (χ2v) is 5.75. The minimum atomic E-state index is -2.01. The van der Waals surface area contributed by atoms with E-state index in [1.807, 2.05) is 0 Å². The fourth-order valence-electron chi connectivity index (χ4n) is 2.53. The van der Waals surface area contributed by atoms with Gasteiger partial charge in [-0.2, -0.15) is 0 Å². The maximum Gasteiger partial charge on any atom is 0.320 e. The zero-order chi connectivity index (χ0) is 17.4. The van der Waals surface area contributed by atoms with E-state index in [0.717, 1.165) is 6.92 Å². The lowest BCUT2D eigenvalue weighted by Gasteiger charge is -2.23. The molecule has 2 rings (SSSR count). The van der Waals surface area contributed by atoms with E-state index in [4.69, 9.17) is 10.2 Å². The molecule has 2 N–H and O–H groups in total. The van der Waals surface area contributed by atoms with Crippen molar-refractivity contribution >= 4 is 23.5 Å². The van der Waals surface area contributed by atoms with Gasteiger partial charge in [-0.15, -0.1) is 0 Å². The van der Waals surface area contributed by atoms with Gasteiger partial charge in [-0.1, -0.05) is 24.3 Å². The molecule has 120 valence electrons. The van der Waals surface area contributed by atoms with Crippen LogP contribution in [0.25, 0.3) is 0 Å². The third-order valence-electron chi connectivity index (χ3n) is 4.30. The molecule has 0 unspecified atom stereocenters. The molecule has 0 atom stereocenters. The Bertz CT molecular complexity index is 742. The van der Waals surface area contributed by atoms with Gasteiger partial charge >= 0.3 is 11.9 Å². The lowest BCUT2D eigenvalue weighted by atomic mass is 9.78. The number of hydrogen-bond acceptors (Lipinski definition) is 4. The highest BCUT2D eigenvalue weighted by molar-refractivity contribution is 6.26. The molecule has 0 fully saturated rings. The number of carbonyl (C=O) groups excluding carboxylic acids is 2. The summed E-state index contributed by atoms with van der Waals surface area (Å²) in [5.74, 6) is -3.59. The Kier molecular flexibility index (Phi) is 4.18. The van der Waals surface area contributed by atoms with Crippen molar-refractivity contribution in [2.45, 2.75) is 26.7 Å². The van der Waals surface area contributed by atoms with Crippen LogP contribution in [0.1, 0.15) is 47.4 Å². The van der Waals surface area contributed by atoms with E-state index in [1.165, 1.54) is 13.0 Å². The Balaban J connectivity index is 2.36. The SMILES string of the molecule is CC1=C(CCC(C)(C(=O)O)C(=O)O)C(=O)c2ccccc2C1=O. The first kappa shape index (κ1) is 16.6. The molecule has 6 heteroatoms. The van der Waals surface area contributed by atoms with E-state index in [9.17, 15) is 19.2 Å². The minimum Gasteiger partial charge on any atom is -0.480 e. The summed E-state index contributed by atoms with van der Waals surface area (Å²) in [6.45, 7) is 2.60. The average Bonchev–Trinajstić information content (AvgIpc) is 2.52. The van der Waals surface area contributed by atoms with Crippen LogP contribution in [0.2, 0.25) is 0 Å². The van der Waals surface area contributed by atoms with E-state index in [2.05, 4.69) is 0 Å². The maximum absolute atomic E-state index is 12.5. The number of ketones is 2. The normalized spacial score (nSPS) is 14.7. The predicted octanol–water partition coefficient (Wildman–Crippen LogP) is 2.34. The van der Waals surface area contributed by atoms with Gasteiger partial charge in [-0.25, -0.2) is 0 Å². The molecule has 0 aliphatic heterocycles. The van der Waals surface area contributed by atoms with E-state index < -0.39 is 17.4 Å². The fraction of sp³-hybridized carbons (Fsp3) is 0.294. The highest BCUT2D eigenvalue weighted by Crippen LogP contribution is 2.32. The van der Waals surface area contributed by atoms with E-state index in [-0.39, 0.29) is 41.1 Å². The van der Waals surface area contributed by atoms with Crippen molar-refractivity contribution in [3.63, 3.8) is 0 Å². The van der Waals surface area contributed by atoms with Gasteiger partial charge < -0.3 is 10.2 Å². The van der Waals surface area contributed by atoms with Crippen LogP contribution in [0.5, 0.6) is 0 Å². The summed E-state index contributed by atoms with van der Waals surface area (Å²) in [6, 6.07) is 6.40. The standard InChI is InChI=1S/C17H16O6/c1-9-10(7-8-17(2,15(20)21)16(22)23)14(19)12-6-4-3-5-11(12)13(9)18/h3-6H,7-8H2,1-2H3,(H,20,21)(H,22,23). The molecule has 0 amide bonds. The number of carbonyl (C=O) groups is 4. The monoisotopic (exact) mass is 316 g/mol. The number of Topliss-reactive ketones (excluding diaryl/α,β-unsaturated/α-hetero) is 2. The van der Waals surface area contributed by atoms with Crippen LogP contribution in [0.4, 0.5) is 0 Å². The molecule has 0 saturated carbocycles.